The quantitative estimate of drug-likeness (QED) is 0.714. The van der Waals surface area contributed by atoms with Gasteiger partial charge in [-0.15, -0.1) is 0 Å². The molecule has 0 fully saturated rings. The van der Waals surface area contributed by atoms with Gasteiger partial charge in [0.1, 0.15) is 6.04 Å². The second kappa shape index (κ2) is 8.26. The van der Waals surface area contributed by atoms with Crippen LogP contribution in [0.1, 0.15) is 25.8 Å². The monoisotopic (exact) mass is 323 g/mol. The summed E-state index contributed by atoms with van der Waals surface area (Å²) in [6, 6.07) is 2.03. The molecule has 0 aliphatic heterocycles. The lowest BCUT2D eigenvalue weighted by Crippen LogP contribution is -2.46. The number of nitrogens with one attached hydrogen (secondary N) is 2. The predicted octanol–water partition coefficient (Wildman–Crippen LogP) is 2.03. The number of benzene rings is 1. The average molecular weight is 323 g/mol. The molecule has 0 radical (unpaired) electrons. The van der Waals surface area contributed by atoms with Crippen LogP contribution in [0, 0.1) is 12.8 Å². The molecule has 3 amide bonds. The van der Waals surface area contributed by atoms with Gasteiger partial charge in [0.15, 0.2) is 11.5 Å². The lowest BCUT2D eigenvalue weighted by molar-refractivity contribution is -0.118. The SMILES string of the molecule is COc1cc(C)c(NC(=O)C(CC(C)C)NC(N)=O)cc1OC. The minimum absolute atomic E-state index is 0.226. The lowest BCUT2D eigenvalue weighted by atomic mass is 10.0. The normalized spacial score (nSPS) is 11.7. The standard InChI is InChI=1S/C16H25N3O4/c1-9(2)6-12(19-16(17)21)15(20)18-11-8-14(23-5)13(22-4)7-10(11)3/h7-9,12H,6H2,1-5H3,(H,18,20)(H3,17,19,21). The molecule has 0 aliphatic rings. The fourth-order valence-corrected chi connectivity index (χ4v) is 2.21. The number of urea groups is 1. The minimum Gasteiger partial charge on any atom is -0.493 e. The Hall–Kier alpha value is -2.44. The van der Waals surface area contributed by atoms with Crippen molar-refractivity contribution in [3.63, 3.8) is 0 Å². The third-order valence-corrected chi connectivity index (χ3v) is 3.33. The summed E-state index contributed by atoms with van der Waals surface area (Å²) in [5.74, 6) is 0.991. The van der Waals surface area contributed by atoms with Gasteiger partial charge in [0.25, 0.3) is 0 Å². The van der Waals surface area contributed by atoms with Gasteiger partial charge in [-0.2, -0.15) is 0 Å². The van der Waals surface area contributed by atoms with Crippen LogP contribution in [0.4, 0.5) is 10.5 Å². The van der Waals surface area contributed by atoms with Crippen molar-refractivity contribution in [2.75, 3.05) is 19.5 Å². The summed E-state index contributed by atoms with van der Waals surface area (Å²) in [5.41, 5.74) is 6.56. The highest BCUT2D eigenvalue weighted by atomic mass is 16.5. The Morgan fingerprint density at radius 3 is 2.22 bits per heavy atom. The second-order valence-corrected chi connectivity index (χ2v) is 5.70. The summed E-state index contributed by atoms with van der Waals surface area (Å²) < 4.78 is 10.5. The molecule has 0 aromatic heterocycles. The average Bonchev–Trinajstić information content (AvgIpc) is 2.47. The van der Waals surface area contributed by atoms with Gasteiger partial charge in [-0.3, -0.25) is 4.79 Å². The van der Waals surface area contributed by atoms with Gasteiger partial charge in [-0.25, -0.2) is 4.79 Å². The summed E-state index contributed by atoms with van der Waals surface area (Å²) in [7, 11) is 3.07. The molecular weight excluding hydrogens is 298 g/mol. The smallest absolute Gasteiger partial charge is 0.312 e. The van der Waals surface area contributed by atoms with E-state index < -0.39 is 12.1 Å². The van der Waals surface area contributed by atoms with E-state index in [1.807, 2.05) is 20.8 Å². The van der Waals surface area contributed by atoms with Crippen molar-refractivity contribution in [3.8, 4) is 11.5 Å². The topological polar surface area (TPSA) is 103 Å². The fraction of sp³-hybridized carbons (Fsp3) is 0.500. The van der Waals surface area contributed by atoms with E-state index in [1.165, 1.54) is 7.11 Å². The Labute approximate surface area is 136 Å². The number of methoxy groups -OCH3 is 2. The zero-order valence-corrected chi connectivity index (χ0v) is 14.2. The van der Waals surface area contributed by atoms with Gasteiger partial charge < -0.3 is 25.8 Å². The molecule has 0 aliphatic carbocycles. The Bertz CT molecular complexity index is 573. The van der Waals surface area contributed by atoms with E-state index in [0.29, 0.717) is 23.6 Å². The molecule has 1 aromatic rings. The molecule has 0 bridgehead atoms. The Balaban J connectivity index is 2.99. The summed E-state index contributed by atoms with van der Waals surface area (Å²) in [6.45, 7) is 5.77. The van der Waals surface area contributed by atoms with Crippen LogP contribution in [0.2, 0.25) is 0 Å². The first-order valence-electron chi connectivity index (χ1n) is 7.37. The molecule has 4 N–H and O–H groups in total. The van der Waals surface area contributed by atoms with Crippen LogP contribution in [-0.2, 0) is 4.79 Å². The van der Waals surface area contributed by atoms with E-state index in [1.54, 1.807) is 19.2 Å². The number of ether oxygens (including phenoxy) is 2. The first-order chi connectivity index (χ1) is 10.8. The summed E-state index contributed by atoms with van der Waals surface area (Å²) >= 11 is 0. The van der Waals surface area contributed by atoms with Gasteiger partial charge in [-0.1, -0.05) is 13.8 Å². The Morgan fingerprint density at radius 2 is 1.74 bits per heavy atom. The maximum absolute atomic E-state index is 12.4. The van der Waals surface area contributed by atoms with E-state index >= 15 is 0 Å². The lowest BCUT2D eigenvalue weighted by Gasteiger charge is -2.20. The Kier molecular flexibility index (Phi) is 6.68. The third-order valence-electron chi connectivity index (χ3n) is 3.33. The molecule has 7 heteroatoms. The highest BCUT2D eigenvalue weighted by Crippen LogP contribution is 2.33. The molecule has 23 heavy (non-hydrogen) atoms. The minimum atomic E-state index is -0.727. The van der Waals surface area contributed by atoms with E-state index in [0.717, 1.165) is 5.56 Å². The van der Waals surface area contributed by atoms with Crippen LogP contribution in [-0.4, -0.2) is 32.2 Å². The molecule has 1 rings (SSSR count). The molecule has 1 unspecified atom stereocenters. The molecule has 0 saturated heterocycles. The summed E-state index contributed by atoms with van der Waals surface area (Å²) in [4.78, 5) is 23.5. The number of carbonyl (C=O) groups is 2. The van der Waals surface area contributed by atoms with E-state index in [9.17, 15) is 9.59 Å². The first-order valence-corrected chi connectivity index (χ1v) is 7.37. The highest BCUT2D eigenvalue weighted by molar-refractivity contribution is 5.97. The van der Waals surface area contributed by atoms with Crippen molar-refractivity contribution in [1.29, 1.82) is 0 Å². The van der Waals surface area contributed by atoms with Gasteiger partial charge in [0.05, 0.1) is 14.2 Å². The molecule has 0 saturated carbocycles. The van der Waals surface area contributed by atoms with E-state index in [-0.39, 0.29) is 11.8 Å². The zero-order valence-electron chi connectivity index (χ0n) is 14.2. The number of primary amides is 1. The number of carbonyl (C=O) groups excluding carboxylic acids is 2. The largest absolute Gasteiger partial charge is 0.493 e. The van der Waals surface area contributed by atoms with Crippen molar-refractivity contribution >= 4 is 17.6 Å². The first kappa shape index (κ1) is 18.6. The van der Waals surface area contributed by atoms with Gasteiger partial charge in [-0.05, 0) is 30.9 Å². The van der Waals surface area contributed by atoms with Crippen LogP contribution >= 0.6 is 0 Å². The fourth-order valence-electron chi connectivity index (χ4n) is 2.21. The molecule has 7 nitrogen and oxygen atoms in total. The summed E-state index contributed by atoms with van der Waals surface area (Å²) in [6.07, 6.45) is 0.487. The number of hydrogen-bond donors (Lipinski definition) is 3. The maximum Gasteiger partial charge on any atom is 0.312 e. The predicted molar refractivity (Wildman–Crippen MR) is 88.9 cm³/mol. The Morgan fingerprint density at radius 1 is 1.17 bits per heavy atom. The molecule has 0 spiro atoms. The van der Waals surface area contributed by atoms with Gasteiger partial charge in [0.2, 0.25) is 5.91 Å². The molecular formula is C16H25N3O4. The molecule has 0 heterocycles. The molecule has 128 valence electrons. The van der Waals surface area contributed by atoms with Crippen molar-refractivity contribution in [2.24, 2.45) is 11.7 Å². The number of anilines is 1. The van der Waals surface area contributed by atoms with Gasteiger partial charge in [0, 0.05) is 11.8 Å². The van der Waals surface area contributed by atoms with E-state index in [4.69, 9.17) is 15.2 Å². The molecule has 1 aromatic carbocycles. The summed E-state index contributed by atoms with van der Waals surface area (Å²) in [5, 5.41) is 5.27. The van der Waals surface area contributed by atoms with Crippen molar-refractivity contribution in [2.45, 2.75) is 33.2 Å². The van der Waals surface area contributed by atoms with Crippen LogP contribution in [0.3, 0.4) is 0 Å². The second-order valence-electron chi connectivity index (χ2n) is 5.70. The number of aryl methyl sites for hydroxylation is 1. The number of amides is 3. The maximum atomic E-state index is 12.4. The molecule has 1 atom stereocenters. The van der Waals surface area contributed by atoms with Crippen LogP contribution in [0.5, 0.6) is 11.5 Å². The van der Waals surface area contributed by atoms with Crippen molar-refractivity contribution in [1.82, 2.24) is 5.32 Å². The van der Waals surface area contributed by atoms with Gasteiger partial charge >= 0.3 is 6.03 Å². The van der Waals surface area contributed by atoms with Crippen molar-refractivity contribution in [3.05, 3.63) is 17.7 Å². The van der Waals surface area contributed by atoms with Crippen LogP contribution in [0.25, 0.3) is 0 Å². The van der Waals surface area contributed by atoms with Crippen molar-refractivity contribution < 1.29 is 19.1 Å². The number of nitrogens with two attached hydrogens (primary N) is 1. The third kappa shape index (κ3) is 5.36. The number of rotatable bonds is 7. The highest BCUT2D eigenvalue weighted by Gasteiger charge is 2.22. The van der Waals surface area contributed by atoms with Crippen LogP contribution < -0.4 is 25.8 Å². The zero-order chi connectivity index (χ0) is 17.6. The van der Waals surface area contributed by atoms with E-state index in [2.05, 4.69) is 10.6 Å². The van der Waals surface area contributed by atoms with Crippen LogP contribution in [0.15, 0.2) is 12.1 Å². The number of hydrogen-bond acceptors (Lipinski definition) is 4.